The third-order valence-electron chi connectivity index (χ3n) is 3.49. The Morgan fingerprint density at radius 1 is 1.05 bits per heavy atom. The summed E-state index contributed by atoms with van der Waals surface area (Å²) in [6.07, 6.45) is 10.8. The molecule has 0 spiro atoms. The van der Waals surface area contributed by atoms with E-state index in [1.54, 1.807) is 36.7 Å². The fourth-order valence-electron chi connectivity index (χ4n) is 2.40. The van der Waals surface area contributed by atoms with E-state index in [0.29, 0.717) is 17.2 Å². The van der Waals surface area contributed by atoms with Gasteiger partial charge in [0.25, 0.3) is 0 Å². The first kappa shape index (κ1) is 13.5. The molecule has 0 bridgehead atoms. The zero-order valence-corrected chi connectivity index (χ0v) is 11.7. The lowest BCUT2D eigenvalue weighted by Gasteiger charge is -2.14. The molecule has 0 amide bonds. The molecule has 0 aliphatic heterocycles. The molecule has 106 valence electrons. The van der Waals surface area contributed by atoms with E-state index in [2.05, 4.69) is 16.0 Å². The minimum absolute atomic E-state index is 0.518. The van der Waals surface area contributed by atoms with Gasteiger partial charge in [0.2, 0.25) is 5.88 Å². The number of ether oxygens (including phenoxy) is 1. The number of carbonyl (C=O) groups is 1. The third kappa shape index (κ3) is 3.16. The molecule has 1 heterocycles. The Hall–Kier alpha value is -2.49. The van der Waals surface area contributed by atoms with E-state index >= 15 is 0 Å². The van der Waals surface area contributed by atoms with E-state index in [4.69, 9.17) is 4.74 Å². The highest BCUT2D eigenvalue weighted by atomic mass is 16.5. The summed E-state index contributed by atoms with van der Waals surface area (Å²) in [5, 5.41) is 0. The zero-order valence-electron chi connectivity index (χ0n) is 11.7. The molecule has 4 nitrogen and oxygen atoms in total. The number of allylic oxidation sites excluding steroid dienone is 2. The number of benzene rings is 1. The largest absolute Gasteiger partial charge is 0.437 e. The number of nitrogens with zero attached hydrogens (tertiary/aromatic N) is 2. The summed E-state index contributed by atoms with van der Waals surface area (Å²) < 4.78 is 5.83. The maximum absolute atomic E-state index is 10.7. The molecule has 1 aliphatic rings. The Bertz CT molecular complexity index is 663. The maximum Gasteiger partial charge on any atom is 0.245 e. The summed E-state index contributed by atoms with van der Waals surface area (Å²) in [5.74, 6) is 1.17. The molecular formula is C17H16N2O2. The summed E-state index contributed by atoms with van der Waals surface area (Å²) in [6, 6.07) is 6.96. The molecule has 1 aromatic heterocycles. The second kappa shape index (κ2) is 6.31. The summed E-state index contributed by atoms with van der Waals surface area (Å²) in [4.78, 5) is 19.4. The predicted octanol–water partition coefficient (Wildman–Crippen LogP) is 4.04. The Morgan fingerprint density at radius 3 is 2.57 bits per heavy atom. The van der Waals surface area contributed by atoms with Crippen molar-refractivity contribution in [3.05, 3.63) is 54.0 Å². The number of carbonyl (C=O) groups excluding carboxylic acids is 1. The van der Waals surface area contributed by atoms with Crippen molar-refractivity contribution in [3.8, 4) is 11.6 Å². The molecule has 0 saturated heterocycles. The zero-order chi connectivity index (χ0) is 14.5. The van der Waals surface area contributed by atoms with E-state index in [-0.39, 0.29) is 0 Å². The molecule has 2 aromatic rings. The van der Waals surface area contributed by atoms with Crippen LogP contribution in [0.3, 0.4) is 0 Å². The highest BCUT2D eigenvalue weighted by Gasteiger charge is 2.14. The molecular weight excluding hydrogens is 264 g/mol. The maximum atomic E-state index is 10.7. The SMILES string of the molecule is O=Cc1ccc(Oc2nccnc2C2=CCCCC2)cc1. The molecule has 0 N–H and O–H groups in total. The number of aromatic nitrogens is 2. The van der Waals surface area contributed by atoms with Gasteiger partial charge in [-0.1, -0.05) is 6.08 Å². The van der Waals surface area contributed by atoms with Crippen LogP contribution in [0.25, 0.3) is 5.57 Å². The van der Waals surface area contributed by atoms with Gasteiger partial charge in [-0.05, 0) is 55.5 Å². The molecule has 1 aromatic carbocycles. The van der Waals surface area contributed by atoms with Crippen LogP contribution in [-0.2, 0) is 0 Å². The Morgan fingerprint density at radius 2 is 1.86 bits per heavy atom. The van der Waals surface area contributed by atoms with E-state index < -0.39 is 0 Å². The van der Waals surface area contributed by atoms with Gasteiger partial charge < -0.3 is 4.74 Å². The average molecular weight is 280 g/mol. The van der Waals surface area contributed by atoms with Crippen LogP contribution in [-0.4, -0.2) is 16.3 Å². The molecule has 3 rings (SSSR count). The van der Waals surface area contributed by atoms with Crippen molar-refractivity contribution < 1.29 is 9.53 Å². The molecule has 0 atom stereocenters. The first-order chi connectivity index (χ1) is 10.4. The third-order valence-corrected chi connectivity index (χ3v) is 3.49. The van der Waals surface area contributed by atoms with E-state index in [1.807, 2.05) is 0 Å². The fraction of sp³-hybridized carbons (Fsp3) is 0.235. The highest BCUT2D eigenvalue weighted by Crippen LogP contribution is 2.32. The van der Waals surface area contributed by atoms with Crippen LogP contribution in [0.4, 0.5) is 0 Å². The van der Waals surface area contributed by atoms with Crippen molar-refractivity contribution in [3.63, 3.8) is 0 Å². The Balaban J connectivity index is 1.87. The lowest BCUT2D eigenvalue weighted by molar-refractivity contribution is 0.112. The van der Waals surface area contributed by atoms with Crippen molar-refractivity contribution in [1.82, 2.24) is 9.97 Å². The van der Waals surface area contributed by atoms with Crippen LogP contribution < -0.4 is 4.74 Å². The van der Waals surface area contributed by atoms with Gasteiger partial charge in [-0.3, -0.25) is 4.79 Å². The predicted molar refractivity (Wildman–Crippen MR) is 80.4 cm³/mol. The standard InChI is InChI=1S/C17H16N2O2/c20-12-13-6-8-15(9-7-13)21-17-16(18-10-11-19-17)14-4-2-1-3-5-14/h4,6-12H,1-3,5H2. The molecule has 0 saturated carbocycles. The molecule has 0 radical (unpaired) electrons. The van der Waals surface area contributed by atoms with Gasteiger partial charge >= 0.3 is 0 Å². The fourth-order valence-corrected chi connectivity index (χ4v) is 2.40. The van der Waals surface area contributed by atoms with Gasteiger partial charge in [0.15, 0.2) is 0 Å². The van der Waals surface area contributed by atoms with E-state index in [1.165, 1.54) is 18.4 Å². The topological polar surface area (TPSA) is 52.1 Å². The van der Waals surface area contributed by atoms with Crippen LogP contribution in [0.15, 0.2) is 42.7 Å². The Kier molecular flexibility index (Phi) is 4.05. The van der Waals surface area contributed by atoms with Crippen LogP contribution in [0.2, 0.25) is 0 Å². The monoisotopic (exact) mass is 280 g/mol. The van der Waals surface area contributed by atoms with Gasteiger partial charge in [-0.15, -0.1) is 0 Å². The molecule has 0 fully saturated rings. The summed E-state index contributed by atoms with van der Waals surface area (Å²) in [6.45, 7) is 0. The second-order valence-corrected chi connectivity index (χ2v) is 4.97. The van der Waals surface area contributed by atoms with Crippen LogP contribution in [0.5, 0.6) is 11.6 Å². The molecule has 4 heteroatoms. The lowest BCUT2D eigenvalue weighted by Crippen LogP contribution is -2.00. The quantitative estimate of drug-likeness (QED) is 0.793. The number of rotatable bonds is 4. The number of hydrogen-bond donors (Lipinski definition) is 0. The Labute approximate surface area is 123 Å². The summed E-state index contributed by atoms with van der Waals surface area (Å²) in [7, 11) is 0. The normalized spacial score (nSPS) is 14.4. The van der Waals surface area contributed by atoms with Gasteiger partial charge in [-0.2, -0.15) is 0 Å². The minimum atomic E-state index is 0.518. The van der Waals surface area contributed by atoms with Crippen LogP contribution >= 0.6 is 0 Å². The highest BCUT2D eigenvalue weighted by molar-refractivity contribution is 5.75. The van der Waals surface area contributed by atoms with Crippen molar-refractivity contribution in [2.45, 2.75) is 25.7 Å². The number of hydrogen-bond acceptors (Lipinski definition) is 4. The molecule has 0 unspecified atom stereocenters. The van der Waals surface area contributed by atoms with Crippen molar-refractivity contribution >= 4 is 11.9 Å². The van der Waals surface area contributed by atoms with Crippen molar-refractivity contribution in [2.75, 3.05) is 0 Å². The van der Waals surface area contributed by atoms with Gasteiger partial charge in [-0.25, -0.2) is 9.97 Å². The minimum Gasteiger partial charge on any atom is -0.437 e. The van der Waals surface area contributed by atoms with E-state index in [0.717, 1.165) is 24.8 Å². The van der Waals surface area contributed by atoms with Gasteiger partial charge in [0.05, 0.1) is 0 Å². The van der Waals surface area contributed by atoms with Crippen LogP contribution in [0, 0.1) is 0 Å². The molecule has 1 aliphatic carbocycles. The van der Waals surface area contributed by atoms with Crippen molar-refractivity contribution in [1.29, 1.82) is 0 Å². The van der Waals surface area contributed by atoms with Crippen molar-refractivity contribution in [2.24, 2.45) is 0 Å². The van der Waals surface area contributed by atoms with E-state index in [9.17, 15) is 4.79 Å². The second-order valence-electron chi connectivity index (χ2n) is 4.97. The van der Waals surface area contributed by atoms with Gasteiger partial charge in [0, 0.05) is 18.0 Å². The smallest absolute Gasteiger partial charge is 0.245 e. The first-order valence-electron chi connectivity index (χ1n) is 7.10. The summed E-state index contributed by atoms with van der Waals surface area (Å²) in [5.41, 5.74) is 2.64. The lowest BCUT2D eigenvalue weighted by atomic mass is 9.97. The molecule has 21 heavy (non-hydrogen) atoms. The van der Waals surface area contributed by atoms with Gasteiger partial charge in [0.1, 0.15) is 17.7 Å². The van der Waals surface area contributed by atoms with Crippen LogP contribution in [0.1, 0.15) is 41.7 Å². The average Bonchev–Trinajstić information content (AvgIpc) is 2.57. The first-order valence-corrected chi connectivity index (χ1v) is 7.10. The summed E-state index contributed by atoms with van der Waals surface area (Å²) >= 11 is 0. The number of aldehydes is 1.